The Labute approximate surface area is 216 Å². The molecule has 0 radical (unpaired) electrons. The second kappa shape index (κ2) is 9.11. The van der Waals surface area contributed by atoms with Crippen LogP contribution in [-0.4, -0.2) is 59.0 Å². The Hall–Kier alpha value is -5.06. The average Bonchev–Trinajstić information content (AvgIpc) is 3.63. The fraction of sp³-hybridized carbons (Fsp3) is 0.185. The number of ether oxygens (including phenoxy) is 1. The number of nitrogens with zero attached hydrogens (tertiary/aromatic N) is 6. The maximum Gasteiger partial charge on any atom is 0.289 e. The van der Waals surface area contributed by atoms with Crippen molar-refractivity contribution in [2.45, 2.75) is 13.3 Å². The molecular weight excluding hydrogens is 486 g/mol. The van der Waals surface area contributed by atoms with Gasteiger partial charge >= 0.3 is 0 Å². The molecule has 1 fully saturated rings. The van der Waals surface area contributed by atoms with Crippen LogP contribution in [0.2, 0.25) is 0 Å². The minimum atomic E-state index is -0.362. The van der Waals surface area contributed by atoms with Gasteiger partial charge in [0.2, 0.25) is 0 Å². The van der Waals surface area contributed by atoms with Crippen molar-refractivity contribution < 1.29 is 14.3 Å². The molecule has 0 aliphatic carbocycles. The number of fused-ring (bicyclic) bond motifs is 1. The lowest BCUT2D eigenvalue weighted by molar-refractivity contribution is 0.0875. The first-order chi connectivity index (χ1) is 18.4. The number of pyridine rings is 2. The van der Waals surface area contributed by atoms with Gasteiger partial charge in [0.1, 0.15) is 16.8 Å². The molecule has 11 nitrogen and oxygen atoms in total. The van der Waals surface area contributed by atoms with E-state index in [0.29, 0.717) is 39.7 Å². The lowest BCUT2D eigenvalue weighted by Gasteiger charge is -2.07. The molecule has 0 bridgehead atoms. The molecule has 190 valence electrons. The summed E-state index contributed by atoms with van der Waals surface area (Å²) in [4.78, 5) is 56.1. The maximum atomic E-state index is 13.1. The van der Waals surface area contributed by atoms with E-state index < -0.39 is 0 Å². The Morgan fingerprint density at radius 2 is 1.84 bits per heavy atom. The summed E-state index contributed by atoms with van der Waals surface area (Å²) < 4.78 is 9.14. The van der Waals surface area contributed by atoms with E-state index in [2.05, 4.69) is 19.9 Å². The van der Waals surface area contributed by atoms with Gasteiger partial charge in [-0.15, -0.1) is 0 Å². The van der Waals surface area contributed by atoms with Crippen LogP contribution in [0.25, 0.3) is 16.9 Å². The predicted molar refractivity (Wildman–Crippen MR) is 138 cm³/mol. The van der Waals surface area contributed by atoms with Crippen molar-refractivity contribution >= 4 is 22.9 Å². The van der Waals surface area contributed by atoms with E-state index in [4.69, 9.17) is 4.74 Å². The molecule has 5 aromatic rings. The van der Waals surface area contributed by atoms with Crippen LogP contribution in [0, 0.1) is 6.92 Å². The van der Waals surface area contributed by atoms with Gasteiger partial charge in [-0.25, -0.2) is 14.6 Å². The van der Waals surface area contributed by atoms with Crippen molar-refractivity contribution in [2.75, 3.05) is 13.1 Å². The highest BCUT2D eigenvalue weighted by atomic mass is 16.5. The number of nitrogens with one attached hydrogen (secondary N) is 1. The monoisotopic (exact) mass is 509 g/mol. The first-order valence-corrected chi connectivity index (χ1v) is 12.0. The molecule has 11 heteroatoms. The third-order valence-electron chi connectivity index (χ3n) is 6.49. The van der Waals surface area contributed by atoms with Crippen LogP contribution < -0.4 is 10.3 Å². The molecule has 0 atom stereocenters. The molecule has 1 saturated heterocycles. The van der Waals surface area contributed by atoms with Gasteiger partial charge in [-0.05, 0) is 31.2 Å². The van der Waals surface area contributed by atoms with E-state index in [1.807, 2.05) is 30.3 Å². The fourth-order valence-corrected chi connectivity index (χ4v) is 4.32. The van der Waals surface area contributed by atoms with Crippen molar-refractivity contribution in [3.05, 3.63) is 94.1 Å². The van der Waals surface area contributed by atoms with Crippen LogP contribution >= 0.6 is 0 Å². The lowest BCUT2D eigenvalue weighted by atomic mass is 10.1. The van der Waals surface area contributed by atoms with Crippen LogP contribution in [0.15, 0.2) is 65.7 Å². The van der Waals surface area contributed by atoms with Crippen molar-refractivity contribution in [3.63, 3.8) is 0 Å². The zero-order valence-corrected chi connectivity index (χ0v) is 20.7. The van der Waals surface area contributed by atoms with Crippen LogP contribution in [0.5, 0.6) is 11.5 Å². The van der Waals surface area contributed by atoms with E-state index in [0.717, 1.165) is 13.1 Å². The van der Waals surface area contributed by atoms with Crippen molar-refractivity contribution in [1.29, 1.82) is 0 Å². The van der Waals surface area contributed by atoms with Crippen LogP contribution in [0.4, 0.5) is 0 Å². The predicted octanol–water partition coefficient (Wildman–Crippen LogP) is 2.82. The number of aromatic nitrogens is 6. The Kier molecular flexibility index (Phi) is 5.60. The molecule has 6 rings (SSSR count). The number of hydrogen-bond donors (Lipinski definition) is 1. The number of aromatic amines is 1. The molecule has 1 N–H and O–H groups in total. The molecule has 0 saturated carbocycles. The summed E-state index contributed by atoms with van der Waals surface area (Å²) in [6.45, 7) is 3.20. The number of amides is 1. The fourth-order valence-electron chi connectivity index (χ4n) is 4.32. The summed E-state index contributed by atoms with van der Waals surface area (Å²) in [5, 5.41) is 0. The normalized spacial score (nSPS) is 12.6. The average molecular weight is 510 g/mol. The third-order valence-corrected chi connectivity index (χ3v) is 6.49. The highest BCUT2D eigenvalue weighted by Crippen LogP contribution is 2.28. The number of carbonyl (C=O) groups is 2. The molecule has 4 aromatic heterocycles. The summed E-state index contributed by atoms with van der Waals surface area (Å²) in [6.07, 6.45) is 3.03. The number of imidazole rings is 1. The molecule has 1 aromatic carbocycles. The lowest BCUT2D eigenvalue weighted by Crippen LogP contribution is -2.23. The number of rotatable bonds is 7. The smallest absolute Gasteiger partial charge is 0.289 e. The number of benzene rings is 1. The van der Waals surface area contributed by atoms with Gasteiger partial charge in [-0.1, -0.05) is 18.2 Å². The van der Waals surface area contributed by atoms with Gasteiger partial charge in [0.25, 0.3) is 11.5 Å². The second-order valence-corrected chi connectivity index (χ2v) is 9.01. The molecule has 5 heterocycles. The Morgan fingerprint density at radius 1 is 1.05 bits per heavy atom. The van der Waals surface area contributed by atoms with E-state index in [1.165, 1.54) is 10.9 Å². The Bertz CT molecular complexity index is 1750. The van der Waals surface area contributed by atoms with Crippen molar-refractivity contribution in [3.8, 4) is 17.2 Å². The van der Waals surface area contributed by atoms with Gasteiger partial charge in [0.05, 0.1) is 18.3 Å². The van der Waals surface area contributed by atoms with Crippen LogP contribution in [0.1, 0.15) is 32.4 Å². The highest BCUT2D eigenvalue weighted by Gasteiger charge is 2.28. The SMILES string of the molecule is Cc1c(C(=O)Cc2ccc(Oc3ccnc4nc(C(=O)N5CC5)[nH]c34)cn2)c(=O)n(-c2ccccc2)n1C. The van der Waals surface area contributed by atoms with E-state index in [-0.39, 0.29) is 35.1 Å². The van der Waals surface area contributed by atoms with E-state index in [1.54, 1.807) is 47.9 Å². The van der Waals surface area contributed by atoms with Gasteiger partial charge in [0, 0.05) is 43.8 Å². The number of Topliss-reactive ketones (excluding diaryl/α,β-unsaturated/α-hetero) is 1. The zero-order chi connectivity index (χ0) is 26.4. The number of hydrogen-bond acceptors (Lipinski definition) is 7. The summed E-state index contributed by atoms with van der Waals surface area (Å²) in [5.74, 6) is 0.615. The first-order valence-electron chi connectivity index (χ1n) is 12.0. The molecule has 1 amide bonds. The van der Waals surface area contributed by atoms with Gasteiger partial charge in [-0.3, -0.25) is 24.0 Å². The summed E-state index contributed by atoms with van der Waals surface area (Å²) >= 11 is 0. The number of carbonyl (C=O) groups excluding carboxylic acids is 2. The highest BCUT2D eigenvalue weighted by molar-refractivity contribution is 5.98. The van der Waals surface area contributed by atoms with Crippen LogP contribution in [-0.2, 0) is 13.5 Å². The van der Waals surface area contributed by atoms with Gasteiger partial charge in [-0.2, -0.15) is 0 Å². The quantitative estimate of drug-likeness (QED) is 0.264. The van der Waals surface area contributed by atoms with E-state index >= 15 is 0 Å². The number of ketones is 1. The first kappa shape index (κ1) is 23.3. The van der Waals surface area contributed by atoms with Gasteiger partial charge in [0.15, 0.2) is 23.0 Å². The minimum absolute atomic E-state index is 0.0306. The minimum Gasteiger partial charge on any atom is -0.453 e. The standard InChI is InChI=1S/C27H23N7O4/c1-16-22(26(36)34(32(16)2)18-6-4-3-5-7-18)20(35)14-17-8-9-19(15-29-17)38-21-10-11-28-24-23(21)30-25(31-24)27(37)33-12-13-33/h3-11,15H,12-14H2,1-2H3,(H,28,30,31). The zero-order valence-electron chi connectivity index (χ0n) is 20.7. The Balaban J connectivity index is 1.20. The van der Waals surface area contributed by atoms with Crippen molar-refractivity contribution in [1.82, 2.24) is 34.2 Å². The number of para-hydroxylation sites is 1. The maximum absolute atomic E-state index is 13.1. The summed E-state index contributed by atoms with van der Waals surface area (Å²) in [5.41, 5.74) is 2.44. The molecular formula is C27H23N7O4. The van der Waals surface area contributed by atoms with Gasteiger partial charge < -0.3 is 14.6 Å². The topological polar surface area (TPSA) is 128 Å². The molecule has 0 unspecified atom stereocenters. The number of H-pyrrole nitrogens is 1. The summed E-state index contributed by atoms with van der Waals surface area (Å²) in [7, 11) is 1.75. The van der Waals surface area contributed by atoms with Crippen LogP contribution in [0.3, 0.4) is 0 Å². The largest absolute Gasteiger partial charge is 0.453 e. The van der Waals surface area contributed by atoms with E-state index in [9.17, 15) is 14.4 Å². The molecule has 0 spiro atoms. The van der Waals surface area contributed by atoms with Crippen molar-refractivity contribution in [2.24, 2.45) is 7.05 Å². The second-order valence-electron chi connectivity index (χ2n) is 9.01. The molecule has 1 aliphatic heterocycles. The summed E-state index contributed by atoms with van der Waals surface area (Å²) in [6, 6.07) is 14.2. The Morgan fingerprint density at radius 3 is 2.55 bits per heavy atom. The third kappa shape index (κ3) is 4.13. The molecule has 38 heavy (non-hydrogen) atoms. The molecule has 1 aliphatic rings.